The van der Waals surface area contributed by atoms with Crippen LogP contribution in [0.3, 0.4) is 0 Å². The lowest BCUT2D eigenvalue weighted by Crippen LogP contribution is -2.31. The van der Waals surface area contributed by atoms with E-state index in [1.807, 2.05) is 45.0 Å². The fourth-order valence-corrected chi connectivity index (χ4v) is 2.34. The highest BCUT2D eigenvalue weighted by Gasteiger charge is 2.36. The molecule has 0 saturated heterocycles. The zero-order valence-corrected chi connectivity index (χ0v) is 10.7. The van der Waals surface area contributed by atoms with Crippen molar-refractivity contribution in [3.63, 3.8) is 0 Å². The number of carbonyl (C=O) groups is 1. The first-order valence-corrected chi connectivity index (χ1v) is 5.99. The Balaban J connectivity index is 3.28. The Labute approximate surface area is 103 Å². The fourth-order valence-electron chi connectivity index (χ4n) is 2.34. The van der Waals surface area contributed by atoms with E-state index in [4.69, 9.17) is 0 Å². The molecule has 1 aromatic carbocycles. The Morgan fingerprint density at radius 3 is 2.53 bits per heavy atom. The normalized spacial score (nSPS) is 14.1. The van der Waals surface area contributed by atoms with Gasteiger partial charge in [-0.2, -0.15) is 5.26 Å². The van der Waals surface area contributed by atoms with Gasteiger partial charge in [0.1, 0.15) is 6.29 Å². The molecule has 0 saturated carbocycles. The predicted molar refractivity (Wildman–Crippen MR) is 68.6 cm³/mol. The smallest absolute Gasteiger partial charge is 0.120 e. The van der Waals surface area contributed by atoms with Gasteiger partial charge in [0.05, 0.1) is 11.5 Å². The van der Waals surface area contributed by atoms with E-state index in [0.29, 0.717) is 12.8 Å². The molecule has 0 aliphatic heterocycles. The topological polar surface area (TPSA) is 40.9 Å². The Hall–Kier alpha value is -1.62. The molecule has 2 heteroatoms. The average molecular weight is 229 g/mol. The average Bonchev–Trinajstić information content (AvgIpc) is 2.32. The minimum absolute atomic E-state index is 0.188. The first kappa shape index (κ1) is 13.4. The summed E-state index contributed by atoms with van der Waals surface area (Å²) in [7, 11) is 0. The van der Waals surface area contributed by atoms with Crippen molar-refractivity contribution in [2.24, 2.45) is 5.92 Å². The number of hydrogen-bond acceptors (Lipinski definition) is 2. The van der Waals surface area contributed by atoms with E-state index in [-0.39, 0.29) is 5.92 Å². The van der Waals surface area contributed by atoms with E-state index in [1.54, 1.807) is 0 Å². The third kappa shape index (κ3) is 2.55. The van der Waals surface area contributed by atoms with Gasteiger partial charge in [-0.05, 0) is 30.4 Å². The lowest BCUT2D eigenvalue weighted by atomic mass is 9.68. The predicted octanol–water partition coefficient (Wildman–Crippen LogP) is 3.39. The van der Waals surface area contributed by atoms with E-state index in [2.05, 4.69) is 6.07 Å². The van der Waals surface area contributed by atoms with Crippen LogP contribution in [0.2, 0.25) is 0 Å². The highest BCUT2D eigenvalue weighted by molar-refractivity contribution is 5.51. The van der Waals surface area contributed by atoms with Crippen LogP contribution in [-0.4, -0.2) is 6.29 Å². The van der Waals surface area contributed by atoms with Crippen molar-refractivity contribution in [3.8, 4) is 6.07 Å². The number of carbonyl (C=O) groups excluding carboxylic acids is 1. The van der Waals surface area contributed by atoms with E-state index < -0.39 is 5.41 Å². The quantitative estimate of drug-likeness (QED) is 0.726. The zero-order valence-electron chi connectivity index (χ0n) is 10.7. The van der Waals surface area contributed by atoms with E-state index in [1.165, 1.54) is 0 Å². The molecule has 90 valence electrons. The van der Waals surface area contributed by atoms with Gasteiger partial charge in [0.25, 0.3) is 0 Å². The van der Waals surface area contributed by atoms with Crippen molar-refractivity contribution in [1.29, 1.82) is 5.26 Å². The number of nitriles is 1. The number of aryl methyl sites for hydroxylation is 1. The summed E-state index contributed by atoms with van der Waals surface area (Å²) in [5.74, 6) is 0.188. The fraction of sp³-hybridized carbons (Fsp3) is 0.467. The third-order valence-corrected chi connectivity index (χ3v) is 3.47. The van der Waals surface area contributed by atoms with Crippen LogP contribution in [0.4, 0.5) is 0 Å². The Morgan fingerprint density at radius 2 is 2.06 bits per heavy atom. The van der Waals surface area contributed by atoms with Crippen LogP contribution in [0.25, 0.3) is 0 Å². The Kier molecular flexibility index (Phi) is 4.45. The van der Waals surface area contributed by atoms with Crippen molar-refractivity contribution in [3.05, 3.63) is 35.4 Å². The van der Waals surface area contributed by atoms with Crippen molar-refractivity contribution >= 4 is 6.29 Å². The second-order valence-electron chi connectivity index (χ2n) is 4.76. The van der Waals surface area contributed by atoms with Crippen LogP contribution in [-0.2, 0) is 10.2 Å². The largest absolute Gasteiger partial charge is 0.303 e. The summed E-state index contributed by atoms with van der Waals surface area (Å²) >= 11 is 0. The molecule has 1 unspecified atom stereocenters. The van der Waals surface area contributed by atoms with Crippen LogP contribution >= 0.6 is 0 Å². The number of hydrogen-bond donors (Lipinski definition) is 0. The molecule has 0 amide bonds. The molecule has 2 nitrogen and oxygen atoms in total. The Bertz CT molecular complexity index is 431. The summed E-state index contributed by atoms with van der Waals surface area (Å²) in [5.41, 5.74) is 1.62. The summed E-state index contributed by atoms with van der Waals surface area (Å²) in [6.07, 6.45) is 1.92. The molecule has 0 bridgehead atoms. The molecule has 1 aromatic rings. The molecule has 0 heterocycles. The van der Waals surface area contributed by atoms with Crippen molar-refractivity contribution in [2.75, 3.05) is 0 Å². The van der Waals surface area contributed by atoms with Gasteiger partial charge in [-0.15, -0.1) is 0 Å². The molecule has 0 N–H and O–H groups in total. The van der Waals surface area contributed by atoms with Crippen LogP contribution in [0.5, 0.6) is 0 Å². The SMILES string of the molecule is Cc1ccccc1C(C#N)(CCC=O)C(C)C. The van der Waals surface area contributed by atoms with E-state index in [0.717, 1.165) is 17.4 Å². The second kappa shape index (κ2) is 5.63. The van der Waals surface area contributed by atoms with Crippen LogP contribution < -0.4 is 0 Å². The second-order valence-corrected chi connectivity index (χ2v) is 4.76. The highest BCUT2D eigenvalue weighted by atomic mass is 16.1. The maximum Gasteiger partial charge on any atom is 0.120 e. The first-order chi connectivity index (χ1) is 8.08. The van der Waals surface area contributed by atoms with Crippen LogP contribution in [0.15, 0.2) is 24.3 Å². The van der Waals surface area contributed by atoms with Gasteiger partial charge in [0, 0.05) is 6.42 Å². The Morgan fingerprint density at radius 1 is 1.41 bits per heavy atom. The number of rotatable bonds is 5. The lowest BCUT2D eigenvalue weighted by molar-refractivity contribution is -0.108. The minimum atomic E-state index is -0.549. The molecule has 0 aliphatic rings. The summed E-state index contributed by atoms with van der Waals surface area (Å²) in [6.45, 7) is 6.10. The van der Waals surface area contributed by atoms with Crippen LogP contribution in [0.1, 0.15) is 37.8 Å². The molecule has 0 aromatic heterocycles. The van der Waals surface area contributed by atoms with Gasteiger partial charge in [-0.3, -0.25) is 0 Å². The molecule has 0 aliphatic carbocycles. The molecule has 1 rings (SSSR count). The summed E-state index contributed by atoms with van der Waals surface area (Å²) < 4.78 is 0. The van der Waals surface area contributed by atoms with Crippen LogP contribution in [0, 0.1) is 24.2 Å². The lowest BCUT2D eigenvalue weighted by Gasteiger charge is -2.32. The summed E-state index contributed by atoms with van der Waals surface area (Å²) in [4.78, 5) is 10.6. The number of aldehydes is 1. The van der Waals surface area contributed by atoms with Gasteiger partial charge < -0.3 is 4.79 Å². The van der Waals surface area contributed by atoms with Gasteiger partial charge in [0.15, 0.2) is 0 Å². The van der Waals surface area contributed by atoms with E-state index >= 15 is 0 Å². The summed E-state index contributed by atoms with van der Waals surface area (Å²) in [5, 5.41) is 9.59. The van der Waals surface area contributed by atoms with Gasteiger partial charge in [-0.1, -0.05) is 38.1 Å². The van der Waals surface area contributed by atoms with Crippen molar-refractivity contribution < 1.29 is 4.79 Å². The number of benzene rings is 1. The first-order valence-electron chi connectivity index (χ1n) is 5.99. The molecule has 0 spiro atoms. The minimum Gasteiger partial charge on any atom is -0.303 e. The molecule has 0 radical (unpaired) electrons. The van der Waals surface area contributed by atoms with Crippen molar-refractivity contribution in [2.45, 2.75) is 39.0 Å². The van der Waals surface area contributed by atoms with Gasteiger partial charge >= 0.3 is 0 Å². The zero-order chi connectivity index (χ0) is 12.9. The molecule has 1 atom stereocenters. The number of nitrogens with zero attached hydrogens (tertiary/aromatic N) is 1. The maximum atomic E-state index is 10.6. The van der Waals surface area contributed by atoms with Gasteiger partial charge in [-0.25, -0.2) is 0 Å². The maximum absolute atomic E-state index is 10.6. The highest BCUT2D eigenvalue weighted by Crippen LogP contribution is 2.37. The van der Waals surface area contributed by atoms with E-state index in [9.17, 15) is 10.1 Å². The molecular weight excluding hydrogens is 210 g/mol. The third-order valence-electron chi connectivity index (χ3n) is 3.47. The van der Waals surface area contributed by atoms with Gasteiger partial charge in [0.2, 0.25) is 0 Å². The monoisotopic (exact) mass is 229 g/mol. The standard InChI is InChI=1S/C15H19NO/c1-12(2)15(11-16,9-6-10-17)14-8-5-4-7-13(14)3/h4-5,7-8,10,12H,6,9H2,1-3H3. The molecular formula is C15H19NO. The summed E-state index contributed by atoms with van der Waals surface area (Å²) in [6, 6.07) is 10.4. The molecule has 0 fully saturated rings. The van der Waals surface area contributed by atoms with Crippen molar-refractivity contribution in [1.82, 2.24) is 0 Å². The molecule has 17 heavy (non-hydrogen) atoms.